The van der Waals surface area contributed by atoms with E-state index in [1.807, 2.05) is 30.7 Å². The molecule has 0 bridgehead atoms. The van der Waals surface area contributed by atoms with Gasteiger partial charge in [0.15, 0.2) is 17.2 Å². The van der Waals surface area contributed by atoms with E-state index in [9.17, 15) is 0 Å². The molecule has 0 aliphatic carbocycles. The summed E-state index contributed by atoms with van der Waals surface area (Å²) in [4.78, 5) is 14.6. The van der Waals surface area contributed by atoms with Gasteiger partial charge >= 0.3 is 0 Å². The van der Waals surface area contributed by atoms with Crippen LogP contribution in [0.5, 0.6) is 0 Å². The third-order valence-corrected chi connectivity index (χ3v) is 3.60. The fourth-order valence-electron chi connectivity index (χ4n) is 2.66. The van der Waals surface area contributed by atoms with Crippen molar-refractivity contribution in [3.63, 3.8) is 0 Å². The van der Waals surface area contributed by atoms with Gasteiger partial charge in [0.2, 0.25) is 0 Å². The van der Waals surface area contributed by atoms with E-state index in [1.54, 1.807) is 12.4 Å². The molecule has 3 heterocycles. The van der Waals surface area contributed by atoms with E-state index in [-0.39, 0.29) is 0 Å². The Balaban J connectivity index is 2.06. The van der Waals surface area contributed by atoms with Crippen molar-refractivity contribution in [2.75, 3.05) is 0 Å². The van der Waals surface area contributed by atoms with Crippen LogP contribution in [-0.4, -0.2) is 25.5 Å². The van der Waals surface area contributed by atoms with Gasteiger partial charge in [0.25, 0.3) is 0 Å². The number of hydrogen-bond donors (Lipinski definition) is 0. The van der Waals surface area contributed by atoms with Crippen molar-refractivity contribution in [3.05, 3.63) is 36.2 Å². The molecule has 22 heavy (non-hydrogen) atoms. The summed E-state index contributed by atoms with van der Waals surface area (Å²) in [5.41, 5.74) is 1.27. The fourth-order valence-corrected chi connectivity index (χ4v) is 2.66. The molecular formula is C16H21N5O. The summed E-state index contributed by atoms with van der Waals surface area (Å²) in [6.07, 6.45) is 5.07. The van der Waals surface area contributed by atoms with E-state index in [0.717, 1.165) is 29.5 Å². The Morgan fingerprint density at radius 3 is 2.82 bits per heavy atom. The molecule has 0 saturated carbocycles. The van der Waals surface area contributed by atoms with Gasteiger partial charge in [-0.05, 0) is 31.9 Å². The first-order valence-electron chi connectivity index (χ1n) is 7.56. The lowest BCUT2D eigenvalue weighted by molar-refractivity contribution is -0.0160. The monoisotopic (exact) mass is 299 g/mol. The Hall–Kier alpha value is -2.24. The first-order chi connectivity index (χ1) is 10.5. The van der Waals surface area contributed by atoms with E-state index in [2.05, 4.69) is 29.1 Å². The highest BCUT2D eigenvalue weighted by molar-refractivity contribution is 5.83. The third kappa shape index (κ3) is 2.73. The van der Waals surface area contributed by atoms with E-state index < -0.39 is 5.60 Å². The molecule has 0 amide bonds. The highest BCUT2D eigenvalue weighted by Crippen LogP contribution is 2.34. The first-order valence-corrected chi connectivity index (χ1v) is 7.56. The Kier molecular flexibility index (Phi) is 3.68. The topological polar surface area (TPSA) is 65.2 Å². The van der Waals surface area contributed by atoms with Gasteiger partial charge in [0.05, 0.1) is 17.6 Å². The molecule has 0 radical (unpaired) electrons. The van der Waals surface area contributed by atoms with Crippen LogP contribution in [0.3, 0.4) is 0 Å². The second kappa shape index (κ2) is 5.51. The quantitative estimate of drug-likeness (QED) is 0.870. The Morgan fingerprint density at radius 1 is 1.41 bits per heavy atom. The molecule has 6 nitrogen and oxygen atoms in total. The average molecular weight is 299 g/mol. The maximum absolute atomic E-state index is 5.66. The second-order valence-electron chi connectivity index (χ2n) is 6.40. The predicted octanol–water partition coefficient (Wildman–Crippen LogP) is 2.87. The van der Waals surface area contributed by atoms with Crippen LogP contribution in [-0.2, 0) is 16.9 Å². The average Bonchev–Trinajstić information content (AvgIpc) is 3.04. The minimum atomic E-state index is -0.581. The normalized spacial score (nSPS) is 21.0. The van der Waals surface area contributed by atoms with Gasteiger partial charge < -0.3 is 4.84 Å². The molecule has 116 valence electrons. The molecule has 2 aromatic rings. The molecule has 0 aromatic carbocycles. The third-order valence-electron chi connectivity index (χ3n) is 3.60. The van der Waals surface area contributed by atoms with Crippen LogP contribution in [0.4, 0.5) is 0 Å². The molecule has 1 aliphatic heterocycles. The summed E-state index contributed by atoms with van der Waals surface area (Å²) in [6, 6.07) is 3.86. The molecule has 1 unspecified atom stereocenters. The summed E-state index contributed by atoms with van der Waals surface area (Å²) >= 11 is 0. The van der Waals surface area contributed by atoms with Crippen molar-refractivity contribution in [2.24, 2.45) is 11.1 Å². The van der Waals surface area contributed by atoms with Crippen molar-refractivity contribution >= 4 is 5.71 Å². The summed E-state index contributed by atoms with van der Waals surface area (Å²) in [5.74, 6) is 2.09. The lowest BCUT2D eigenvalue weighted by Crippen LogP contribution is -2.26. The molecule has 1 aliphatic rings. The number of pyridine rings is 1. The zero-order chi connectivity index (χ0) is 15.7. The zero-order valence-corrected chi connectivity index (χ0v) is 13.4. The molecular weight excluding hydrogens is 278 g/mol. The Bertz CT molecular complexity index is 692. The minimum Gasteiger partial charge on any atom is -0.381 e. The minimum absolute atomic E-state index is 0.493. The van der Waals surface area contributed by atoms with Crippen molar-refractivity contribution in [3.8, 4) is 5.69 Å². The van der Waals surface area contributed by atoms with Gasteiger partial charge in [-0.15, -0.1) is 0 Å². The van der Waals surface area contributed by atoms with Crippen molar-refractivity contribution in [1.82, 2.24) is 19.7 Å². The lowest BCUT2D eigenvalue weighted by atomic mass is 9.99. The highest BCUT2D eigenvalue weighted by atomic mass is 16.7. The predicted molar refractivity (Wildman–Crippen MR) is 83.9 cm³/mol. The van der Waals surface area contributed by atoms with Crippen LogP contribution in [0.1, 0.15) is 45.8 Å². The summed E-state index contributed by atoms with van der Waals surface area (Å²) in [5, 5.41) is 8.76. The number of hydrogen-bond acceptors (Lipinski definition) is 5. The van der Waals surface area contributed by atoms with Gasteiger partial charge in [0.1, 0.15) is 0 Å². The first kappa shape index (κ1) is 14.7. The number of aromatic nitrogens is 4. The van der Waals surface area contributed by atoms with Crippen LogP contribution >= 0.6 is 0 Å². The van der Waals surface area contributed by atoms with E-state index in [4.69, 9.17) is 9.82 Å². The highest BCUT2D eigenvalue weighted by Gasteiger charge is 2.40. The molecule has 6 heteroatoms. The lowest BCUT2D eigenvalue weighted by Gasteiger charge is -2.20. The van der Waals surface area contributed by atoms with Crippen molar-refractivity contribution in [2.45, 2.75) is 46.1 Å². The maximum Gasteiger partial charge on any atom is 0.199 e. The van der Waals surface area contributed by atoms with Crippen molar-refractivity contribution < 1.29 is 4.84 Å². The van der Waals surface area contributed by atoms with E-state index in [0.29, 0.717) is 12.3 Å². The van der Waals surface area contributed by atoms with Gasteiger partial charge in [-0.25, -0.2) is 9.67 Å². The SMILES string of the molecule is CC1=NOC(C)(c2nc(CC(C)C)nn2-c2cccnc2)C1. The molecule has 2 aromatic heterocycles. The molecule has 0 spiro atoms. The number of nitrogens with zero attached hydrogens (tertiary/aromatic N) is 5. The number of rotatable bonds is 4. The van der Waals surface area contributed by atoms with Crippen LogP contribution in [0.15, 0.2) is 29.7 Å². The zero-order valence-electron chi connectivity index (χ0n) is 13.4. The number of oxime groups is 1. The van der Waals surface area contributed by atoms with Crippen LogP contribution < -0.4 is 0 Å². The smallest absolute Gasteiger partial charge is 0.199 e. The van der Waals surface area contributed by atoms with Gasteiger partial charge in [-0.2, -0.15) is 5.10 Å². The van der Waals surface area contributed by atoms with Crippen LogP contribution in [0.2, 0.25) is 0 Å². The Labute approximate surface area is 130 Å². The van der Waals surface area contributed by atoms with Crippen molar-refractivity contribution in [1.29, 1.82) is 0 Å². The van der Waals surface area contributed by atoms with E-state index in [1.165, 1.54) is 0 Å². The largest absolute Gasteiger partial charge is 0.381 e. The van der Waals surface area contributed by atoms with Crippen LogP contribution in [0, 0.1) is 5.92 Å². The van der Waals surface area contributed by atoms with E-state index >= 15 is 0 Å². The molecule has 3 rings (SSSR count). The summed E-state index contributed by atoms with van der Waals surface area (Å²) < 4.78 is 1.83. The summed E-state index contributed by atoms with van der Waals surface area (Å²) in [6.45, 7) is 8.28. The molecule has 0 N–H and O–H groups in total. The second-order valence-corrected chi connectivity index (χ2v) is 6.40. The molecule has 0 saturated heterocycles. The molecule has 0 fully saturated rings. The maximum atomic E-state index is 5.66. The molecule has 1 atom stereocenters. The van der Waals surface area contributed by atoms with Crippen LogP contribution in [0.25, 0.3) is 5.69 Å². The van der Waals surface area contributed by atoms with Gasteiger partial charge in [0, 0.05) is 19.0 Å². The summed E-state index contributed by atoms with van der Waals surface area (Å²) in [7, 11) is 0. The Morgan fingerprint density at radius 2 is 2.23 bits per heavy atom. The van der Waals surface area contributed by atoms with Gasteiger partial charge in [-0.1, -0.05) is 19.0 Å². The fraction of sp³-hybridized carbons (Fsp3) is 0.500. The van der Waals surface area contributed by atoms with Gasteiger partial charge in [-0.3, -0.25) is 4.98 Å². The standard InChI is InChI=1S/C16H21N5O/c1-11(2)8-14-18-15(16(4)9-12(3)20-22-16)21(19-14)13-6-5-7-17-10-13/h5-7,10-11H,8-9H2,1-4H3.